The summed E-state index contributed by atoms with van der Waals surface area (Å²) in [5, 5.41) is 18.0. The van der Waals surface area contributed by atoms with Crippen LogP contribution in [0.4, 0.5) is 24.9 Å². The predicted octanol–water partition coefficient (Wildman–Crippen LogP) is 6.06. The number of aryl methyl sites for hydroxylation is 1. The number of alkyl halides is 3. The smallest absolute Gasteiger partial charge is 0.357 e. The molecule has 3 fully saturated rings. The number of aromatic nitrogens is 3. The normalized spacial score (nSPS) is 21.3. The lowest BCUT2D eigenvalue weighted by Gasteiger charge is -2.36. The molecular weight excluding hydrogens is 676 g/mol. The van der Waals surface area contributed by atoms with E-state index < -0.39 is 12.6 Å². The average molecular weight is 722 g/mol. The van der Waals surface area contributed by atoms with Crippen molar-refractivity contribution in [2.45, 2.75) is 84.2 Å². The molecule has 0 saturated carbocycles. The number of halogens is 3. The molecule has 1 unspecified atom stereocenters. The van der Waals surface area contributed by atoms with Crippen LogP contribution in [0.15, 0.2) is 24.3 Å². The number of carbonyl (C=O) groups is 1. The van der Waals surface area contributed by atoms with Crippen molar-refractivity contribution >= 4 is 50.1 Å². The summed E-state index contributed by atoms with van der Waals surface area (Å²) in [6.45, 7) is 12.9. The highest BCUT2D eigenvalue weighted by Crippen LogP contribution is 2.44. The summed E-state index contributed by atoms with van der Waals surface area (Å²) in [6, 6.07) is 11.0. The Balaban J connectivity index is 1.03. The van der Waals surface area contributed by atoms with Gasteiger partial charge in [0.2, 0.25) is 11.9 Å². The number of carbonyl (C=O) groups excluding carboxylic acids is 1. The fourth-order valence-electron chi connectivity index (χ4n) is 8.58. The average Bonchev–Trinajstić information content (AvgIpc) is 3.87. The molecule has 4 aromatic rings. The van der Waals surface area contributed by atoms with E-state index in [9.17, 15) is 23.2 Å². The highest BCUT2D eigenvalue weighted by atomic mass is 32.1. The van der Waals surface area contributed by atoms with E-state index in [4.69, 9.17) is 4.98 Å². The standard InChI is InChI=1S/C37H46F3N9OS/c1-23(47-11-7-27(8-12-47)43-25(3)50)19-49-28(18-41)15-30-24(2)26(5-6-32(30)49)20-46-13-9-36(21-46)10-14-48(22-36)33-31-16-29(17-37(38,39)40)51-34(31)45-35(42-4)44-33/h5-6,15-16,23,27H,7-14,17,19-22H2,1-4H3,(H,43,50)(H,42,44,45)/t23-,36?/m0/s1. The Hall–Kier alpha value is -3.93. The minimum absolute atomic E-state index is 0.0243. The van der Waals surface area contributed by atoms with E-state index in [-0.39, 0.29) is 28.3 Å². The van der Waals surface area contributed by atoms with Crippen LogP contribution in [0, 0.1) is 23.7 Å². The summed E-state index contributed by atoms with van der Waals surface area (Å²) in [7, 11) is 1.73. The number of likely N-dealkylation sites (tertiary alicyclic amines) is 2. The number of rotatable bonds is 9. The van der Waals surface area contributed by atoms with Crippen LogP contribution in [0.3, 0.4) is 0 Å². The molecule has 3 aliphatic heterocycles. The first kappa shape index (κ1) is 35.5. The van der Waals surface area contributed by atoms with Gasteiger partial charge in [0.05, 0.1) is 11.8 Å². The van der Waals surface area contributed by atoms with Crippen LogP contribution in [0.25, 0.3) is 21.1 Å². The highest BCUT2D eigenvalue weighted by molar-refractivity contribution is 7.18. The molecule has 1 spiro atoms. The number of piperidine rings is 1. The number of nitrogens with zero attached hydrogens (tertiary/aromatic N) is 7. The Morgan fingerprint density at radius 2 is 1.88 bits per heavy atom. The Morgan fingerprint density at radius 1 is 1.12 bits per heavy atom. The molecule has 2 N–H and O–H groups in total. The number of nitriles is 1. The van der Waals surface area contributed by atoms with Crippen LogP contribution >= 0.6 is 11.3 Å². The molecule has 272 valence electrons. The minimum Gasteiger partial charge on any atom is -0.357 e. The van der Waals surface area contributed by atoms with E-state index in [2.05, 4.69) is 66.9 Å². The zero-order valence-corrected chi connectivity index (χ0v) is 30.6. The van der Waals surface area contributed by atoms with Gasteiger partial charge < -0.3 is 20.1 Å². The molecule has 0 aliphatic carbocycles. The van der Waals surface area contributed by atoms with Crippen LogP contribution in [-0.4, -0.2) is 94.8 Å². The maximum Gasteiger partial charge on any atom is 0.393 e. The van der Waals surface area contributed by atoms with Crippen molar-refractivity contribution in [1.29, 1.82) is 5.26 Å². The van der Waals surface area contributed by atoms with Gasteiger partial charge in [-0.15, -0.1) is 11.3 Å². The molecule has 3 aliphatic rings. The number of amides is 1. The molecule has 1 amide bonds. The number of fused-ring (bicyclic) bond motifs is 2. The van der Waals surface area contributed by atoms with Crippen LogP contribution in [0.5, 0.6) is 0 Å². The maximum absolute atomic E-state index is 13.2. The molecule has 6 heterocycles. The van der Waals surface area contributed by atoms with E-state index in [1.165, 1.54) is 11.1 Å². The van der Waals surface area contributed by atoms with Gasteiger partial charge in [-0.3, -0.25) is 14.6 Å². The fraction of sp³-hybridized carbons (Fsp3) is 0.568. The van der Waals surface area contributed by atoms with Crippen molar-refractivity contribution in [3.8, 4) is 6.07 Å². The van der Waals surface area contributed by atoms with Gasteiger partial charge >= 0.3 is 6.18 Å². The van der Waals surface area contributed by atoms with Gasteiger partial charge in [0.25, 0.3) is 0 Å². The lowest BCUT2D eigenvalue weighted by Crippen LogP contribution is -2.47. The molecule has 0 radical (unpaired) electrons. The number of benzene rings is 1. The Morgan fingerprint density at radius 3 is 2.59 bits per heavy atom. The Kier molecular flexibility index (Phi) is 9.66. The second kappa shape index (κ2) is 13.9. The third kappa shape index (κ3) is 7.39. The number of thiophene rings is 1. The van der Waals surface area contributed by atoms with Crippen LogP contribution in [0.2, 0.25) is 0 Å². The van der Waals surface area contributed by atoms with Gasteiger partial charge in [-0.2, -0.15) is 23.4 Å². The highest BCUT2D eigenvalue weighted by Gasteiger charge is 2.44. The zero-order valence-electron chi connectivity index (χ0n) is 29.7. The Labute approximate surface area is 300 Å². The van der Waals surface area contributed by atoms with Crippen LogP contribution in [-0.2, 0) is 24.3 Å². The van der Waals surface area contributed by atoms with E-state index in [1.807, 2.05) is 6.07 Å². The number of hydrogen-bond acceptors (Lipinski definition) is 9. The third-order valence-electron chi connectivity index (χ3n) is 11.3. The lowest BCUT2D eigenvalue weighted by atomic mass is 9.86. The lowest BCUT2D eigenvalue weighted by molar-refractivity contribution is -0.126. The third-order valence-corrected chi connectivity index (χ3v) is 12.3. The largest absolute Gasteiger partial charge is 0.393 e. The van der Waals surface area contributed by atoms with E-state index in [0.717, 1.165) is 100 Å². The predicted molar refractivity (Wildman–Crippen MR) is 195 cm³/mol. The summed E-state index contributed by atoms with van der Waals surface area (Å²) in [6.07, 6.45) is -1.32. The summed E-state index contributed by atoms with van der Waals surface area (Å²) >= 11 is 1.09. The van der Waals surface area contributed by atoms with E-state index in [1.54, 1.807) is 20.0 Å². The van der Waals surface area contributed by atoms with Gasteiger partial charge in [0, 0.05) is 93.1 Å². The first-order valence-electron chi connectivity index (χ1n) is 17.9. The SMILES string of the molecule is CNc1nc(N2CCC3(CCN(Cc4ccc5c(cc(C#N)n5C[C@H](C)N5CCC(NC(C)=O)CC5)c4C)C3)C2)c2cc(CC(F)(F)F)sc2n1. The summed E-state index contributed by atoms with van der Waals surface area (Å²) in [5.74, 6) is 1.16. The summed E-state index contributed by atoms with van der Waals surface area (Å²) in [4.78, 5) is 28.8. The van der Waals surface area contributed by atoms with Crippen molar-refractivity contribution in [2.75, 3.05) is 56.5 Å². The first-order valence-corrected chi connectivity index (χ1v) is 18.7. The molecule has 14 heteroatoms. The first-order chi connectivity index (χ1) is 24.3. The molecule has 3 aromatic heterocycles. The van der Waals surface area contributed by atoms with Crippen molar-refractivity contribution in [1.82, 2.24) is 29.7 Å². The van der Waals surface area contributed by atoms with Crippen molar-refractivity contribution in [2.24, 2.45) is 5.41 Å². The van der Waals surface area contributed by atoms with Crippen molar-refractivity contribution < 1.29 is 18.0 Å². The monoisotopic (exact) mass is 721 g/mol. The molecule has 0 bridgehead atoms. The molecular formula is C37H46F3N9OS. The van der Waals surface area contributed by atoms with Gasteiger partial charge in [0.1, 0.15) is 22.4 Å². The van der Waals surface area contributed by atoms with E-state index in [0.29, 0.717) is 27.7 Å². The van der Waals surface area contributed by atoms with E-state index >= 15 is 0 Å². The second-order valence-electron chi connectivity index (χ2n) is 14.9. The number of hydrogen-bond donors (Lipinski definition) is 2. The zero-order chi connectivity index (χ0) is 36.1. The van der Waals surface area contributed by atoms with Crippen LogP contribution < -0.4 is 15.5 Å². The topological polar surface area (TPSA) is 105 Å². The fourth-order valence-corrected chi connectivity index (χ4v) is 9.63. The number of nitrogens with one attached hydrogen (secondary N) is 2. The minimum atomic E-state index is -4.27. The van der Waals surface area contributed by atoms with Crippen molar-refractivity contribution in [3.63, 3.8) is 0 Å². The maximum atomic E-state index is 13.2. The quantitative estimate of drug-likeness (QED) is 0.215. The Bertz CT molecular complexity index is 1980. The van der Waals surface area contributed by atoms with Gasteiger partial charge in [-0.25, -0.2) is 4.98 Å². The molecule has 1 aromatic carbocycles. The van der Waals surface area contributed by atoms with Gasteiger partial charge in [-0.05, 0) is 75.4 Å². The number of anilines is 2. The second-order valence-corrected chi connectivity index (χ2v) is 16.0. The molecule has 7 rings (SSSR count). The molecule has 10 nitrogen and oxygen atoms in total. The summed E-state index contributed by atoms with van der Waals surface area (Å²) in [5.41, 5.74) is 4.31. The molecule has 3 saturated heterocycles. The van der Waals surface area contributed by atoms with Gasteiger partial charge in [0.15, 0.2) is 0 Å². The summed E-state index contributed by atoms with van der Waals surface area (Å²) < 4.78 is 41.8. The molecule has 51 heavy (non-hydrogen) atoms. The molecule has 2 atom stereocenters. The van der Waals surface area contributed by atoms with Crippen LogP contribution in [0.1, 0.15) is 61.2 Å². The van der Waals surface area contributed by atoms with Gasteiger partial charge in [-0.1, -0.05) is 6.07 Å². The van der Waals surface area contributed by atoms with Crippen molar-refractivity contribution in [3.05, 3.63) is 46.0 Å².